The third-order valence-corrected chi connectivity index (χ3v) is 2.35. The fourth-order valence-electron chi connectivity index (χ4n) is 1.63. The van der Waals surface area contributed by atoms with Crippen molar-refractivity contribution in [1.82, 2.24) is 10.4 Å². The lowest BCUT2D eigenvalue weighted by molar-refractivity contribution is 0.0541. The van der Waals surface area contributed by atoms with Crippen molar-refractivity contribution in [3.05, 3.63) is 36.5 Å². The van der Waals surface area contributed by atoms with Crippen LogP contribution in [0.5, 0.6) is 0 Å². The number of nitrogens with zero attached hydrogens (tertiary/aromatic N) is 1. The van der Waals surface area contributed by atoms with Crippen LogP contribution in [0.4, 0.5) is 10.5 Å². The summed E-state index contributed by atoms with van der Waals surface area (Å²) in [6.07, 6.45) is 1.16. The Balaban J connectivity index is 0.00000200. The van der Waals surface area contributed by atoms with Crippen LogP contribution >= 0.6 is 12.4 Å². The standard InChI is InChI=1S/C14H17N3O2.ClH/c1-14(2,3)19-13(18)17-16-12-8-9-15-11-7-5-4-6-10(11)12;/h4-9H,1-3H3,(H,15,16)(H,17,18);1H. The second-order valence-electron chi connectivity index (χ2n) is 5.13. The smallest absolute Gasteiger partial charge is 0.426 e. The average Bonchev–Trinajstić information content (AvgIpc) is 2.34. The van der Waals surface area contributed by atoms with Gasteiger partial charge in [0.1, 0.15) is 5.60 Å². The Hall–Kier alpha value is -2.01. The van der Waals surface area contributed by atoms with E-state index in [2.05, 4.69) is 15.8 Å². The quantitative estimate of drug-likeness (QED) is 0.832. The van der Waals surface area contributed by atoms with E-state index < -0.39 is 11.7 Å². The van der Waals surface area contributed by atoms with Gasteiger partial charge in [-0.25, -0.2) is 10.2 Å². The lowest BCUT2D eigenvalue weighted by atomic mass is 10.2. The van der Waals surface area contributed by atoms with Gasteiger partial charge in [0.25, 0.3) is 0 Å². The van der Waals surface area contributed by atoms with E-state index in [1.165, 1.54) is 0 Å². The van der Waals surface area contributed by atoms with Crippen LogP contribution in [0.1, 0.15) is 20.8 Å². The number of anilines is 1. The number of carbonyl (C=O) groups excluding carboxylic acids is 1. The molecule has 1 heterocycles. The first-order chi connectivity index (χ1) is 8.96. The van der Waals surface area contributed by atoms with Crippen LogP contribution in [-0.4, -0.2) is 16.7 Å². The summed E-state index contributed by atoms with van der Waals surface area (Å²) in [6, 6.07) is 9.47. The molecule has 1 amide bonds. The molecule has 6 heteroatoms. The molecule has 0 radical (unpaired) electrons. The number of pyridine rings is 1. The van der Waals surface area contributed by atoms with E-state index in [0.717, 1.165) is 16.6 Å². The third kappa shape index (κ3) is 4.28. The van der Waals surface area contributed by atoms with Crippen molar-refractivity contribution < 1.29 is 9.53 Å². The molecule has 5 nitrogen and oxygen atoms in total. The van der Waals surface area contributed by atoms with Crippen molar-refractivity contribution in [3.63, 3.8) is 0 Å². The molecule has 0 aliphatic heterocycles. The Morgan fingerprint density at radius 1 is 1.20 bits per heavy atom. The summed E-state index contributed by atoms with van der Waals surface area (Å²) in [6.45, 7) is 5.44. The van der Waals surface area contributed by atoms with Gasteiger partial charge in [0.05, 0.1) is 11.2 Å². The first-order valence-corrected chi connectivity index (χ1v) is 6.04. The highest BCUT2D eigenvalue weighted by atomic mass is 35.5. The minimum atomic E-state index is -0.522. The van der Waals surface area contributed by atoms with Crippen molar-refractivity contribution in [2.75, 3.05) is 5.43 Å². The molecule has 0 fully saturated rings. The number of para-hydroxylation sites is 1. The molecule has 108 valence electrons. The summed E-state index contributed by atoms with van der Waals surface area (Å²) >= 11 is 0. The van der Waals surface area contributed by atoms with Crippen LogP contribution in [-0.2, 0) is 4.74 Å². The Morgan fingerprint density at radius 2 is 1.90 bits per heavy atom. The molecule has 0 atom stereocenters. The molecule has 0 bridgehead atoms. The first kappa shape index (κ1) is 16.0. The molecule has 2 rings (SSSR count). The number of nitrogens with one attached hydrogen (secondary N) is 2. The van der Waals surface area contributed by atoms with Crippen molar-refractivity contribution in [3.8, 4) is 0 Å². The molecule has 0 aliphatic rings. The number of hydrogen-bond donors (Lipinski definition) is 2. The summed E-state index contributed by atoms with van der Waals surface area (Å²) in [5.41, 5.74) is 6.47. The SMILES string of the molecule is CC(C)(C)OC(=O)NNc1ccnc2ccccc12.Cl. The van der Waals surface area contributed by atoms with Gasteiger partial charge in [-0.2, -0.15) is 0 Å². The summed E-state index contributed by atoms with van der Waals surface area (Å²) in [7, 11) is 0. The second kappa shape index (κ2) is 6.43. The van der Waals surface area contributed by atoms with Crippen LogP contribution in [0.2, 0.25) is 0 Å². The molecule has 0 aliphatic carbocycles. The molecule has 2 N–H and O–H groups in total. The van der Waals surface area contributed by atoms with Crippen molar-refractivity contribution >= 4 is 35.1 Å². The van der Waals surface area contributed by atoms with E-state index in [-0.39, 0.29) is 12.4 Å². The molecule has 20 heavy (non-hydrogen) atoms. The number of aromatic nitrogens is 1. The second-order valence-corrected chi connectivity index (χ2v) is 5.13. The monoisotopic (exact) mass is 295 g/mol. The fourth-order valence-corrected chi connectivity index (χ4v) is 1.63. The third-order valence-electron chi connectivity index (χ3n) is 2.35. The summed E-state index contributed by atoms with van der Waals surface area (Å²) in [5, 5.41) is 0.932. The zero-order valence-corrected chi connectivity index (χ0v) is 12.5. The van der Waals surface area contributed by atoms with Gasteiger partial charge in [-0.05, 0) is 32.9 Å². The molecule has 0 saturated heterocycles. The van der Waals surface area contributed by atoms with Crippen molar-refractivity contribution in [2.45, 2.75) is 26.4 Å². The number of halogens is 1. The number of fused-ring (bicyclic) bond motifs is 1. The summed E-state index contributed by atoms with van der Waals surface area (Å²) in [5.74, 6) is 0. The fraction of sp³-hybridized carbons (Fsp3) is 0.286. The number of benzene rings is 1. The highest BCUT2D eigenvalue weighted by Crippen LogP contribution is 2.20. The largest absolute Gasteiger partial charge is 0.443 e. The van der Waals surface area contributed by atoms with Gasteiger partial charge >= 0.3 is 6.09 Å². The lowest BCUT2D eigenvalue weighted by Gasteiger charge is -2.20. The van der Waals surface area contributed by atoms with E-state index in [4.69, 9.17) is 4.74 Å². The van der Waals surface area contributed by atoms with Gasteiger partial charge in [-0.1, -0.05) is 18.2 Å². The molecular weight excluding hydrogens is 278 g/mol. The van der Waals surface area contributed by atoms with E-state index >= 15 is 0 Å². The average molecular weight is 296 g/mol. The highest BCUT2D eigenvalue weighted by molar-refractivity contribution is 5.91. The number of amides is 1. The minimum absolute atomic E-state index is 0. The number of carbonyl (C=O) groups is 1. The van der Waals surface area contributed by atoms with Gasteiger partial charge in [-0.15, -0.1) is 12.4 Å². The van der Waals surface area contributed by atoms with Crippen LogP contribution in [0.25, 0.3) is 10.9 Å². The molecule has 1 aromatic heterocycles. The molecule has 2 aromatic rings. The van der Waals surface area contributed by atoms with Crippen LogP contribution in [0.3, 0.4) is 0 Å². The molecule has 0 spiro atoms. The van der Waals surface area contributed by atoms with Crippen molar-refractivity contribution in [1.29, 1.82) is 0 Å². The topological polar surface area (TPSA) is 63.2 Å². The molecule has 0 saturated carbocycles. The zero-order valence-electron chi connectivity index (χ0n) is 11.6. The Labute approximate surface area is 124 Å². The van der Waals surface area contributed by atoms with Gasteiger partial charge in [-0.3, -0.25) is 10.4 Å². The highest BCUT2D eigenvalue weighted by Gasteiger charge is 2.15. The van der Waals surface area contributed by atoms with Gasteiger partial charge in [0.15, 0.2) is 0 Å². The number of rotatable bonds is 2. The van der Waals surface area contributed by atoms with E-state index in [0.29, 0.717) is 0 Å². The van der Waals surface area contributed by atoms with Crippen LogP contribution in [0, 0.1) is 0 Å². The lowest BCUT2D eigenvalue weighted by Crippen LogP contribution is -2.35. The summed E-state index contributed by atoms with van der Waals surface area (Å²) < 4.78 is 5.14. The summed E-state index contributed by atoms with van der Waals surface area (Å²) in [4.78, 5) is 15.8. The van der Waals surface area contributed by atoms with E-state index in [1.807, 2.05) is 45.0 Å². The number of ether oxygens (including phenoxy) is 1. The van der Waals surface area contributed by atoms with Crippen molar-refractivity contribution in [2.24, 2.45) is 0 Å². The normalized spacial score (nSPS) is 10.6. The molecule has 0 unspecified atom stereocenters. The molecule has 1 aromatic carbocycles. The minimum Gasteiger partial charge on any atom is -0.443 e. The maximum absolute atomic E-state index is 11.6. The zero-order chi connectivity index (χ0) is 13.9. The maximum atomic E-state index is 11.6. The number of hydrazine groups is 1. The van der Waals surface area contributed by atoms with Crippen LogP contribution in [0.15, 0.2) is 36.5 Å². The van der Waals surface area contributed by atoms with Gasteiger partial charge < -0.3 is 4.74 Å². The maximum Gasteiger partial charge on any atom is 0.426 e. The Kier molecular flexibility index (Phi) is 5.16. The van der Waals surface area contributed by atoms with E-state index in [1.54, 1.807) is 12.3 Å². The van der Waals surface area contributed by atoms with E-state index in [9.17, 15) is 4.79 Å². The first-order valence-electron chi connectivity index (χ1n) is 6.04. The van der Waals surface area contributed by atoms with Gasteiger partial charge in [0, 0.05) is 11.6 Å². The predicted octanol–water partition coefficient (Wildman–Crippen LogP) is 3.51. The molecular formula is C14H18ClN3O2. The Morgan fingerprint density at radius 3 is 2.60 bits per heavy atom. The predicted molar refractivity (Wildman–Crippen MR) is 82.0 cm³/mol. The van der Waals surface area contributed by atoms with Crippen LogP contribution < -0.4 is 10.9 Å². The van der Waals surface area contributed by atoms with Gasteiger partial charge in [0.2, 0.25) is 0 Å². The Bertz CT molecular complexity index is 591. The number of hydrogen-bond acceptors (Lipinski definition) is 4.